The summed E-state index contributed by atoms with van der Waals surface area (Å²) in [4.78, 5) is 12.7. The second-order valence-electron chi connectivity index (χ2n) is 5.31. The van der Waals surface area contributed by atoms with Gasteiger partial charge >= 0.3 is 0 Å². The number of rotatable bonds is 3. The highest BCUT2D eigenvalue weighted by Crippen LogP contribution is 2.21. The molecule has 2 rings (SSSR count). The minimum absolute atomic E-state index is 0.0342. The summed E-state index contributed by atoms with van der Waals surface area (Å²) in [6.07, 6.45) is 9.61. The quantitative estimate of drug-likeness (QED) is 0.800. The minimum atomic E-state index is -3.21. The largest absolute Gasteiger partial charge is 0.289 e. The third-order valence-corrected chi connectivity index (χ3v) is 4.76. The Morgan fingerprint density at radius 2 is 1.65 bits per heavy atom. The van der Waals surface area contributed by atoms with Crippen LogP contribution in [0.2, 0.25) is 0 Å². The lowest BCUT2D eigenvalue weighted by Gasteiger charge is -2.10. The van der Waals surface area contributed by atoms with Crippen LogP contribution < -0.4 is 0 Å². The lowest BCUT2D eigenvalue weighted by molar-refractivity contribution is 0.102. The average molecular weight is 292 g/mol. The first-order valence-electron chi connectivity index (χ1n) is 7.02. The molecule has 4 heteroatoms. The molecule has 1 aromatic rings. The number of ketones is 1. The molecule has 1 aromatic carbocycles. The Balaban J connectivity index is 2.20. The Morgan fingerprint density at radius 3 is 2.30 bits per heavy atom. The number of sulfone groups is 1. The van der Waals surface area contributed by atoms with Crippen molar-refractivity contribution in [1.82, 2.24) is 0 Å². The SMILES string of the molecule is CS(=O)(=O)c1ccc(C(=O)/C2=C/CCCCCC2)cc1. The van der Waals surface area contributed by atoms with Gasteiger partial charge in [0.2, 0.25) is 0 Å². The summed E-state index contributed by atoms with van der Waals surface area (Å²) >= 11 is 0. The molecule has 3 nitrogen and oxygen atoms in total. The molecule has 0 amide bonds. The van der Waals surface area contributed by atoms with Gasteiger partial charge in [0.15, 0.2) is 15.6 Å². The fourth-order valence-electron chi connectivity index (χ4n) is 2.44. The van der Waals surface area contributed by atoms with Gasteiger partial charge in [-0.1, -0.05) is 18.9 Å². The first-order valence-corrected chi connectivity index (χ1v) is 8.91. The van der Waals surface area contributed by atoms with Crippen LogP contribution in [0.3, 0.4) is 0 Å². The van der Waals surface area contributed by atoms with Crippen molar-refractivity contribution >= 4 is 15.6 Å². The predicted octanol–water partition coefficient (Wildman–Crippen LogP) is 3.55. The molecule has 0 bridgehead atoms. The molecule has 0 radical (unpaired) electrons. The lowest BCUT2D eigenvalue weighted by atomic mass is 9.94. The second kappa shape index (κ2) is 6.35. The van der Waals surface area contributed by atoms with E-state index in [1.165, 1.54) is 31.2 Å². The van der Waals surface area contributed by atoms with Crippen molar-refractivity contribution in [2.75, 3.05) is 6.26 Å². The summed E-state index contributed by atoms with van der Waals surface area (Å²) in [7, 11) is -3.21. The summed E-state index contributed by atoms with van der Waals surface area (Å²) in [5, 5.41) is 0. The van der Waals surface area contributed by atoms with Gasteiger partial charge in [-0.05, 0) is 55.5 Å². The molecule has 0 saturated carbocycles. The van der Waals surface area contributed by atoms with E-state index in [1.807, 2.05) is 6.08 Å². The topological polar surface area (TPSA) is 51.2 Å². The summed E-state index contributed by atoms with van der Waals surface area (Å²) < 4.78 is 22.8. The smallest absolute Gasteiger partial charge is 0.188 e. The molecule has 0 fully saturated rings. The standard InChI is InChI=1S/C16H20O3S/c1-20(18,19)15-11-9-14(10-12-15)16(17)13-7-5-3-2-4-6-8-13/h7,9-12H,2-6,8H2,1H3/b13-7+. The Labute approximate surface area is 120 Å². The van der Waals surface area contributed by atoms with Crippen LogP contribution >= 0.6 is 0 Å². The van der Waals surface area contributed by atoms with E-state index in [4.69, 9.17) is 0 Å². The minimum Gasteiger partial charge on any atom is -0.289 e. The maximum Gasteiger partial charge on any atom is 0.188 e. The maximum atomic E-state index is 12.4. The van der Waals surface area contributed by atoms with Gasteiger partial charge in [0.1, 0.15) is 0 Å². The number of hydrogen-bond acceptors (Lipinski definition) is 3. The van der Waals surface area contributed by atoms with E-state index in [2.05, 4.69) is 0 Å². The highest BCUT2D eigenvalue weighted by Gasteiger charge is 2.14. The maximum absolute atomic E-state index is 12.4. The molecular weight excluding hydrogens is 272 g/mol. The number of Topliss-reactive ketones (excluding diaryl/α,β-unsaturated/α-hetero) is 1. The second-order valence-corrected chi connectivity index (χ2v) is 7.32. The fraction of sp³-hybridized carbons (Fsp3) is 0.438. The third kappa shape index (κ3) is 3.79. The zero-order valence-corrected chi connectivity index (χ0v) is 12.6. The molecule has 0 atom stereocenters. The van der Waals surface area contributed by atoms with Crippen LogP contribution in [0.5, 0.6) is 0 Å². The number of carbonyl (C=O) groups excluding carboxylic acids is 1. The van der Waals surface area contributed by atoms with Crippen LogP contribution in [0.1, 0.15) is 48.9 Å². The van der Waals surface area contributed by atoms with Gasteiger partial charge in [0.25, 0.3) is 0 Å². The molecule has 1 aliphatic rings. The summed E-state index contributed by atoms with van der Waals surface area (Å²) in [6, 6.07) is 6.23. The predicted molar refractivity (Wildman–Crippen MR) is 79.7 cm³/mol. The van der Waals surface area contributed by atoms with Gasteiger partial charge in [-0.2, -0.15) is 0 Å². The fourth-order valence-corrected chi connectivity index (χ4v) is 3.07. The van der Waals surface area contributed by atoms with Crippen LogP contribution in [0.4, 0.5) is 0 Å². The van der Waals surface area contributed by atoms with Gasteiger partial charge < -0.3 is 0 Å². The number of hydrogen-bond donors (Lipinski definition) is 0. The molecule has 20 heavy (non-hydrogen) atoms. The zero-order valence-electron chi connectivity index (χ0n) is 11.8. The van der Waals surface area contributed by atoms with Crippen molar-refractivity contribution in [1.29, 1.82) is 0 Å². The van der Waals surface area contributed by atoms with Crippen LogP contribution in [0, 0.1) is 0 Å². The Bertz CT molecular complexity index is 610. The van der Waals surface area contributed by atoms with E-state index in [1.54, 1.807) is 12.1 Å². The summed E-state index contributed by atoms with van der Waals surface area (Å²) in [6.45, 7) is 0. The third-order valence-electron chi connectivity index (χ3n) is 3.63. The molecule has 0 aliphatic heterocycles. The van der Waals surface area contributed by atoms with E-state index < -0.39 is 9.84 Å². The molecular formula is C16H20O3S. The highest BCUT2D eigenvalue weighted by molar-refractivity contribution is 7.90. The summed E-state index contributed by atoms with van der Waals surface area (Å²) in [5.74, 6) is 0.0342. The van der Waals surface area contributed by atoms with Crippen molar-refractivity contribution in [3.63, 3.8) is 0 Å². The van der Waals surface area contributed by atoms with E-state index in [9.17, 15) is 13.2 Å². The molecule has 0 aromatic heterocycles. The molecule has 0 spiro atoms. The molecule has 0 saturated heterocycles. The van der Waals surface area contributed by atoms with E-state index >= 15 is 0 Å². The lowest BCUT2D eigenvalue weighted by Crippen LogP contribution is -2.06. The van der Waals surface area contributed by atoms with Crippen molar-refractivity contribution in [3.05, 3.63) is 41.5 Å². The van der Waals surface area contributed by atoms with Gasteiger partial charge in [0, 0.05) is 11.8 Å². The van der Waals surface area contributed by atoms with Gasteiger partial charge in [-0.15, -0.1) is 0 Å². The monoisotopic (exact) mass is 292 g/mol. The Hall–Kier alpha value is -1.42. The average Bonchev–Trinajstić information content (AvgIpc) is 2.37. The molecule has 108 valence electrons. The number of benzene rings is 1. The van der Waals surface area contributed by atoms with Crippen LogP contribution in [-0.4, -0.2) is 20.5 Å². The molecule has 0 unspecified atom stereocenters. The Kier molecular flexibility index (Phi) is 4.76. The van der Waals surface area contributed by atoms with Crippen LogP contribution in [-0.2, 0) is 9.84 Å². The van der Waals surface area contributed by atoms with Gasteiger partial charge in [-0.3, -0.25) is 4.79 Å². The summed E-state index contributed by atoms with van der Waals surface area (Å²) in [5.41, 5.74) is 1.45. The van der Waals surface area contributed by atoms with E-state index in [0.717, 1.165) is 31.3 Å². The van der Waals surface area contributed by atoms with Crippen molar-refractivity contribution in [2.24, 2.45) is 0 Å². The number of allylic oxidation sites excluding steroid dienone is 2. The Morgan fingerprint density at radius 1 is 1.00 bits per heavy atom. The van der Waals surface area contributed by atoms with Crippen LogP contribution in [0.15, 0.2) is 40.8 Å². The van der Waals surface area contributed by atoms with Crippen molar-refractivity contribution < 1.29 is 13.2 Å². The molecule has 0 N–H and O–H groups in total. The normalized spacial score (nSPS) is 19.6. The molecule has 1 aliphatic carbocycles. The first kappa shape index (κ1) is 15.0. The van der Waals surface area contributed by atoms with E-state index in [0.29, 0.717) is 5.56 Å². The zero-order chi connectivity index (χ0) is 14.6. The molecule has 0 heterocycles. The number of carbonyl (C=O) groups is 1. The van der Waals surface area contributed by atoms with Crippen molar-refractivity contribution in [3.8, 4) is 0 Å². The first-order chi connectivity index (χ1) is 9.48. The van der Waals surface area contributed by atoms with E-state index in [-0.39, 0.29) is 10.7 Å². The van der Waals surface area contributed by atoms with Crippen LogP contribution in [0.25, 0.3) is 0 Å². The van der Waals surface area contributed by atoms with Gasteiger partial charge in [-0.25, -0.2) is 8.42 Å². The highest BCUT2D eigenvalue weighted by atomic mass is 32.2. The van der Waals surface area contributed by atoms with Gasteiger partial charge in [0.05, 0.1) is 4.90 Å². The van der Waals surface area contributed by atoms with Crippen molar-refractivity contribution in [2.45, 2.75) is 43.4 Å².